The van der Waals surface area contributed by atoms with E-state index < -0.39 is 0 Å². The minimum absolute atomic E-state index is 0.0872. The van der Waals surface area contributed by atoms with Crippen LogP contribution in [0.25, 0.3) is 0 Å². The van der Waals surface area contributed by atoms with Crippen molar-refractivity contribution in [3.05, 3.63) is 52.5 Å². The van der Waals surface area contributed by atoms with Crippen LogP contribution in [-0.4, -0.2) is 13.7 Å². The summed E-state index contributed by atoms with van der Waals surface area (Å²) in [5.41, 5.74) is 3.20. The SMILES string of the molecule is COc1ccc(C)cc1C1CNc2ccc(Cl)cc2O1. The van der Waals surface area contributed by atoms with E-state index in [1.54, 1.807) is 7.11 Å². The molecule has 1 N–H and O–H groups in total. The molecule has 20 heavy (non-hydrogen) atoms. The molecule has 0 bridgehead atoms. The Morgan fingerprint density at radius 3 is 2.90 bits per heavy atom. The molecule has 2 aromatic carbocycles. The molecule has 0 spiro atoms. The Morgan fingerprint density at radius 2 is 2.10 bits per heavy atom. The lowest BCUT2D eigenvalue weighted by Gasteiger charge is -2.28. The van der Waals surface area contributed by atoms with Crippen LogP contribution in [0.2, 0.25) is 5.02 Å². The number of aryl methyl sites for hydroxylation is 1. The number of hydrogen-bond acceptors (Lipinski definition) is 3. The second-order valence-corrected chi connectivity index (χ2v) is 5.31. The first-order valence-corrected chi connectivity index (χ1v) is 6.90. The predicted octanol–water partition coefficient (Wildman–Crippen LogP) is 4.20. The molecular formula is C16H16ClNO2. The van der Waals surface area contributed by atoms with Crippen molar-refractivity contribution in [1.82, 2.24) is 0 Å². The molecule has 1 atom stereocenters. The molecule has 0 aromatic heterocycles. The maximum atomic E-state index is 6.07. The van der Waals surface area contributed by atoms with Gasteiger partial charge in [-0.15, -0.1) is 0 Å². The highest BCUT2D eigenvalue weighted by Crippen LogP contribution is 2.38. The molecule has 0 aliphatic carbocycles. The van der Waals surface area contributed by atoms with Gasteiger partial charge >= 0.3 is 0 Å². The van der Waals surface area contributed by atoms with Gasteiger partial charge in [0, 0.05) is 16.7 Å². The maximum absolute atomic E-state index is 6.07. The Balaban J connectivity index is 1.95. The topological polar surface area (TPSA) is 30.5 Å². The summed E-state index contributed by atoms with van der Waals surface area (Å²) in [4.78, 5) is 0. The van der Waals surface area contributed by atoms with Gasteiger partial charge in [-0.1, -0.05) is 23.2 Å². The van der Waals surface area contributed by atoms with E-state index >= 15 is 0 Å². The molecule has 0 saturated heterocycles. The fourth-order valence-electron chi connectivity index (χ4n) is 2.42. The van der Waals surface area contributed by atoms with E-state index in [1.807, 2.05) is 30.3 Å². The van der Waals surface area contributed by atoms with Gasteiger partial charge in [-0.25, -0.2) is 0 Å². The molecule has 4 heteroatoms. The van der Waals surface area contributed by atoms with Crippen LogP contribution in [-0.2, 0) is 0 Å². The molecule has 0 saturated carbocycles. The van der Waals surface area contributed by atoms with Gasteiger partial charge in [0.05, 0.1) is 19.3 Å². The van der Waals surface area contributed by atoms with Crippen molar-refractivity contribution in [3.63, 3.8) is 0 Å². The molecule has 3 nitrogen and oxygen atoms in total. The van der Waals surface area contributed by atoms with Gasteiger partial charge in [0.25, 0.3) is 0 Å². The first-order chi connectivity index (χ1) is 9.67. The average Bonchev–Trinajstić information content (AvgIpc) is 2.46. The first-order valence-electron chi connectivity index (χ1n) is 6.52. The van der Waals surface area contributed by atoms with Crippen LogP contribution in [0.3, 0.4) is 0 Å². The average molecular weight is 290 g/mol. The molecule has 2 aromatic rings. The van der Waals surface area contributed by atoms with E-state index in [-0.39, 0.29) is 6.10 Å². The fraction of sp³-hybridized carbons (Fsp3) is 0.250. The number of methoxy groups -OCH3 is 1. The third-order valence-electron chi connectivity index (χ3n) is 3.42. The Morgan fingerprint density at radius 1 is 1.25 bits per heavy atom. The van der Waals surface area contributed by atoms with Gasteiger partial charge in [0.2, 0.25) is 0 Å². The molecule has 0 amide bonds. The largest absolute Gasteiger partial charge is 0.496 e. The standard InChI is InChI=1S/C16H16ClNO2/c1-10-3-6-14(19-2)12(7-10)16-9-18-13-5-4-11(17)8-15(13)20-16/h3-8,16,18H,9H2,1-2H3. The number of fused-ring (bicyclic) bond motifs is 1. The van der Waals surface area contributed by atoms with Crippen LogP contribution < -0.4 is 14.8 Å². The third kappa shape index (κ3) is 2.41. The number of halogens is 1. The summed E-state index contributed by atoms with van der Waals surface area (Å²) >= 11 is 6.02. The summed E-state index contributed by atoms with van der Waals surface area (Å²) in [6.45, 7) is 2.76. The van der Waals surface area contributed by atoms with Crippen LogP contribution in [0, 0.1) is 6.92 Å². The lowest BCUT2D eigenvalue weighted by Crippen LogP contribution is -2.24. The zero-order valence-corrected chi connectivity index (χ0v) is 12.2. The third-order valence-corrected chi connectivity index (χ3v) is 3.66. The van der Waals surface area contributed by atoms with Crippen LogP contribution >= 0.6 is 11.6 Å². The Bertz CT molecular complexity index is 642. The van der Waals surface area contributed by atoms with Crippen molar-refractivity contribution in [1.29, 1.82) is 0 Å². The monoisotopic (exact) mass is 289 g/mol. The van der Waals surface area contributed by atoms with Gasteiger partial charge in [0.1, 0.15) is 17.6 Å². The van der Waals surface area contributed by atoms with E-state index in [0.29, 0.717) is 11.6 Å². The van der Waals surface area contributed by atoms with Crippen molar-refractivity contribution in [2.45, 2.75) is 13.0 Å². The summed E-state index contributed by atoms with van der Waals surface area (Å²) in [5, 5.41) is 4.04. The quantitative estimate of drug-likeness (QED) is 0.898. The molecule has 1 aliphatic rings. The zero-order chi connectivity index (χ0) is 14.1. The fourth-order valence-corrected chi connectivity index (χ4v) is 2.58. The Hall–Kier alpha value is -1.87. The number of benzene rings is 2. The number of anilines is 1. The lowest BCUT2D eigenvalue weighted by atomic mass is 10.0. The van der Waals surface area contributed by atoms with E-state index in [4.69, 9.17) is 21.1 Å². The predicted molar refractivity (Wildman–Crippen MR) is 81.0 cm³/mol. The second kappa shape index (κ2) is 5.25. The number of nitrogens with one attached hydrogen (secondary N) is 1. The molecule has 0 fully saturated rings. The van der Waals surface area contributed by atoms with Crippen molar-refractivity contribution >= 4 is 17.3 Å². The zero-order valence-electron chi connectivity index (χ0n) is 11.4. The highest BCUT2D eigenvalue weighted by molar-refractivity contribution is 6.30. The molecular weight excluding hydrogens is 274 g/mol. The molecule has 1 heterocycles. The van der Waals surface area contributed by atoms with Gasteiger partial charge < -0.3 is 14.8 Å². The molecule has 1 aliphatic heterocycles. The van der Waals surface area contributed by atoms with Crippen molar-refractivity contribution in [2.24, 2.45) is 0 Å². The number of ether oxygens (including phenoxy) is 2. The van der Waals surface area contributed by atoms with E-state index in [2.05, 4.69) is 18.3 Å². The van der Waals surface area contributed by atoms with Crippen LogP contribution in [0.1, 0.15) is 17.2 Å². The minimum Gasteiger partial charge on any atom is -0.496 e. The van der Waals surface area contributed by atoms with E-state index in [9.17, 15) is 0 Å². The van der Waals surface area contributed by atoms with Crippen molar-refractivity contribution < 1.29 is 9.47 Å². The van der Waals surface area contributed by atoms with Crippen LogP contribution in [0.5, 0.6) is 11.5 Å². The van der Waals surface area contributed by atoms with E-state index in [0.717, 1.165) is 22.7 Å². The van der Waals surface area contributed by atoms with Gasteiger partial charge in [-0.2, -0.15) is 0 Å². The van der Waals surface area contributed by atoms with Crippen molar-refractivity contribution in [3.8, 4) is 11.5 Å². The van der Waals surface area contributed by atoms with Crippen molar-refractivity contribution in [2.75, 3.05) is 19.0 Å². The summed E-state index contributed by atoms with van der Waals surface area (Å²) in [6, 6.07) is 11.7. The number of hydrogen-bond donors (Lipinski definition) is 1. The van der Waals surface area contributed by atoms with E-state index in [1.165, 1.54) is 5.56 Å². The second-order valence-electron chi connectivity index (χ2n) is 4.87. The highest BCUT2D eigenvalue weighted by atomic mass is 35.5. The summed E-state index contributed by atoms with van der Waals surface area (Å²) in [7, 11) is 1.68. The molecule has 3 rings (SSSR count). The van der Waals surface area contributed by atoms with Gasteiger partial charge in [-0.05, 0) is 31.2 Å². The van der Waals surface area contributed by atoms with Crippen LogP contribution in [0.4, 0.5) is 5.69 Å². The normalized spacial score (nSPS) is 16.9. The summed E-state index contributed by atoms with van der Waals surface area (Å²) < 4.78 is 11.5. The summed E-state index contributed by atoms with van der Waals surface area (Å²) in [6.07, 6.45) is -0.0872. The van der Waals surface area contributed by atoms with Gasteiger partial charge in [0.15, 0.2) is 0 Å². The molecule has 1 unspecified atom stereocenters. The number of rotatable bonds is 2. The molecule has 0 radical (unpaired) electrons. The molecule has 104 valence electrons. The first kappa shape index (κ1) is 13.1. The maximum Gasteiger partial charge on any atom is 0.145 e. The van der Waals surface area contributed by atoms with Crippen LogP contribution in [0.15, 0.2) is 36.4 Å². The van der Waals surface area contributed by atoms with Gasteiger partial charge in [-0.3, -0.25) is 0 Å². The Labute approximate surface area is 123 Å². The highest BCUT2D eigenvalue weighted by Gasteiger charge is 2.24. The minimum atomic E-state index is -0.0872. The lowest BCUT2D eigenvalue weighted by molar-refractivity contribution is 0.205. The Kier molecular flexibility index (Phi) is 3.45. The summed E-state index contributed by atoms with van der Waals surface area (Å²) in [5.74, 6) is 1.62. The smallest absolute Gasteiger partial charge is 0.145 e.